The smallest absolute Gasteiger partial charge is 0.266 e. The van der Waals surface area contributed by atoms with Crippen LogP contribution in [0.5, 0.6) is 5.75 Å². The molecule has 0 aliphatic carbocycles. The number of ether oxygens (including phenoxy) is 1. The van der Waals surface area contributed by atoms with Crippen molar-refractivity contribution in [2.75, 3.05) is 18.2 Å². The number of carbonyl (C=O) groups is 1. The molecule has 1 aromatic heterocycles. The van der Waals surface area contributed by atoms with Gasteiger partial charge in [-0.15, -0.1) is 0 Å². The largest absolute Gasteiger partial charge is 0.497 e. The first-order valence-corrected chi connectivity index (χ1v) is 10.9. The van der Waals surface area contributed by atoms with Crippen LogP contribution in [0.4, 0.5) is 10.1 Å². The number of benzene rings is 3. The molecule has 9 heteroatoms. The van der Waals surface area contributed by atoms with Crippen LogP contribution in [0.2, 0.25) is 5.02 Å². The number of anilines is 1. The van der Waals surface area contributed by atoms with Crippen LogP contribution in [-0.2, 0) is 4.79 Å². The molecule has 4 rings (SSSR count). The first-order chi connectivity index (χ1) is 15.5. The van der Waals surface area contributed by atoms with Crippen molar-refractivity contribution in [3.63, 3.8) is 0 Å². The summed E-state index contributed by atoms with van der Waals surface area (Å²) in [6, 6.07) is 17.9. The fraction of sp³-hybridized carbons (Fsp3) is 0.0870. The number of nitrogens with zero attached hydrogens (tertiary/aromatic N) is 2. The third-order valence-electron chi connectivity index (χ3n) is 4.59. The van der Waals surface area contributed by atoms with E-state index in [1.54, 1.807) is 55.6 Å². The highest BCUT2D eigenvalue weighted by molar-refractivity contribution is 7.99. The van der Waals surface area contributed by atoms with Crippen LogP contribution in [-0.4, -0.2) is 28.3 Å². The van der Waals surface area contributed by atoms with Gasteiger partial charge in [0.2, 0.25) is 5.91 Å². The molecule has 0 unspecified atom stereocenters. The molecule has 1 N–H and O–H groups in total. The summed E-state index contributed by atoms with van der Waals surface area (Å²) in [5, 5.41) is 3.36. The number of hydrogen-bond acceptors (Lipinski definition) is 5. The van der Waals surface area contributed by atoms with Gasteiger partial charge in [0.15, 0.2) is 5.16 Å². The van der Waals surface area contributed by atoms with E-state index < -0.39 is 5.82 Å². The number of thioether (sulfide) groups is 1. The fourth-order valence-electron chi connectivity index (χ4n) is 3.09. The maximum Gasteiger partial charge on any atom is 0.266 e. The summed E-state index contributed by atoms with van der Waals surface area (Å²) in [6.07, 6.45) is 0. The van der Waals surface area contributed by atoms with Gasteiger partial charge in [0, 0.05) is 11.8 Å². The molecule has 162 valence electrons. The van der Waals surface area contributed by atoms with Gasteiger partial charge in [-0.2, -0.15) is 0 Å². The van der Waals surface area contributed by atoms with Gasteiger partial charge in [-0.05, 0) is 42.5 Å². The lowest BCUT2D eigenvalue weighted by atomic mass is 10.2. The van der Waals surface area contributed by atoms with Crippen molar-refractivity contribution in [3.05, 3.63) is 87.9 Å². The van der Waals surface area contributed by atoms with Crippen LogP contribution < -0.4 is 15.6 Å². The zero-order valence-electron chi connectivity index (χ0n) is 16.8. The van der Waals surface area contributed by atoms with E-state index in [0.29, 0.717) is 28.0 Å². The highest BCUT2D eigenvalue weighted by Crippen LogP contribution is 2.25. The number of methoxy groups -OCH3 is 1. The zero-order chi connectivity index (χ0) is 22.7. The normalized spacial score (nSPS) is 10.8. The SMILES string of the molecule is COc1cccc(NC(=O)CSc2nc3ccccc3c(=O)n2-c2ccc(F)c(Cl)c2)c1. The van der Waals surface area contributed by atoms with Crippen LogP contribution in [0, 0.1) is 5.82 Å². The first-order valence-electron chi connectivity index (χ1n) is 9.50. The Labute approximate surface area is 192 Å². The quantitative estimate of drug-likeness (QED) is 0.320. The molecule has 0 aliphatic rings. The van der Waals surface area contributed by atoms with Crippen molar-refractivity contribution in [1.29, 1.82) is 0 Å². The minimum absolute atomic E-state index is 0.00306. The molecule has 4 aromatic rings. The minimum atomic E-state index is -0.593. The van der Waals surface area contributed by atoms with Crippen molar-refractivity contribution in [2.45, 2.75) is 5.16 Å². The molecule has 0 saturated heterocycles. The lowest BCUT2D eigenvalue weighted by Crippen LogP contribution is -2.23. The number of para-hydroxylation sites is 1. The lowest BCUT2D eigenvalue weighted by Gasteiger charge is -2.14. The highest BCUT2D eigenvalue weighted by atomic mass is 35.5. The van der Waals surface area contributed by atoms with Gasteiger partial charge >= 0.3 is 0 Å². The average Bonchev–Trinajstić information content (AvgIpc) is 2.80. The van der Waals surface area contributed by atoms with Crippen LogP contribution in [0.25, 0.3) is 16.6 Å². The van der Waals surface area contributed by atoms with E-state index in [1.165, 1.54) is 22.8 Å². The average molecular weight is 470 g/mol. The molecule has 0 fully saturated rings. The van der Waals surface area contributed by atoms with Gasteiger partial charge in [0.05, 0.1) is 34.5 Å². The molecule has 1 amide bonds. The van der Waals surface area contributed by atoms with Gasteiger partial charge in [-0.25, -0.2) is 9.37 Å². The van der Waals surface area contributed by atoms with Gasteiger partial charge in [0.1, 0.15) is 11.6 Å². The number of rotatable bonds is 6. The Hall–Kier alpha value is -3.36. The van der Waals surface area contributed by atoms with Gasteiger partial charge < -0.3 is 10.1 Å². The predicted octanol–water partition coefficient (Wildman–Crippen LogP) is 4.92. The maximum atomic E-state index is 13.7. The molecule has 0 atom stereocenters. The van der Waals surface area contributed by atoms with Crippen molar-refractivity contribution < 1.29 is 13.9 Å². The Morgan fingerprint density at radius 2 is 1.97 bits per heavy atom. The summed E-state index contributed by atoms with van der Waals surface area (Å²) < 4.78 is 20.2. The van der Waals surface area contributed by atoms with E-state index >= 15 is 0 Å². The zero-order valence-corrected chi connectivity index (χ0v) is 18.4. The molecule has 0 saturated carbocycles. The molecule has 0 spiro atoms. The molecule has 3 aromatic carbocycles. The molecule has 1 heterocycles. The standard InChI is InChI=1S/C23H17ClFN3O3S/c1-31-16-6-4-5-14(11-16)26-21(29)13-32-23-27-20-8-3-2-7-17(20)22(30)28(23)15-9-10-19(25)18(24)12-15/h2-12H,13H2,1H3,(H,26,29). The Morgan fingerprint density at radius 3 is 2.75 bits per heavy atom. The molecule has 0 radical (unpaired) electrons. The third kappa shape index (κ3) is 4.61. The molecular weight excluding hydrogens is 453 g/mol. The van der Waals surface area contributed by atoms with Crippen molar-refractivity contribution in [3.8, 4) is 11.4 Å². The van der Waals surface area contributed by atoms with Gasteiger partial charge in [0.25, 0.3) is 5.56 Å². The number of amides is 1. The van der Waals surface area contributed by atoms with E-state index in [2.05, 4.69) is 10.3 Å². The second-order valence-electron chi connectivity index (χ2n) is 6.72. The number of nitrogens with one attached hydrogen (secondary N) is 1. The number of hydrogen-bond donors (Lipinski definition) is 1. The number of carbonyl (C=O) groups excluding carboxylic acids is 1. The number of aromatic nitrogens is 2. The molecule has 6 nitrogen and oxygen atoms in total. The summed E-state index contributed by atoms with van der Waals surface area (Å²) in [7, 11) is 1.54. The Bertz CT molecular complexity index is 1380. The molecule has 32 heavy (non-hydrogen) atoms. The summed E-state index contributed by atoms with van der Waals surface area (Å²) in [5.41, 5.74) is 1.10. The van der Waals surface area contributed by atoms with Gasteiger partial charge in [-0.1, -0.05) is 41.6 Å². The lowest BCUT2D eigenvalue weighted by molar-refractivity contribution is -0.113. The van der Waals surface area contributed by atoms with Crippen LogP contribution >= 0.6 is 23.4 Å². The Balaban J connectivity index is 1.67. The van der Waals surface area contributed by atoms with E-state index in [0.717, 1.165) is 11.8 Å². The van der Waals surface area contributed by atoms with Crippen molar-refractivity contribution in [1.82, 2.24) is 9.55 Å². The molecule has 0 bridgehead atoms. The van der Waals surface area contributed by atoms with E-state index in [9.17, 15) is 14.0 Å². The summed E-state index contributed by atoms with van der Waals surface area (Å²) in [4.78, 5) is 30.3. The Morgan fingerprint density at radius 1 is 1.16 bits per heavy atom. The van der Waals surface area contributed by atoms with E-state index in [1.807, 2.05) is 0 Å². The number of halogens is 2. The monoisotopic (exact) mass is 469 g/mol. The highest BCUT2D eigenvalue weighted by Gasteiger charge is 2.16. The second-order valence-corrected chi connectivity index (χ2v) is 8.07. The summed E-state index contributed by atoms with van der Waals surface area (Å²) >= 11 is 7.03. The van der Waals surface area contributed by atoms with Crippen LogP contribution in [0.1, 0.15) is 0 Å². The predicted molar refractivity (Wildman–Crippen MR) is 125 cm³/mol. The summed E-state index contributed by atoms with van der Waals surface area (Å²) in [6.45, 7) is 0. The fourth-order valence-corrected chi connectivity index (χ4v) is 4.08. The third-order valence-corrected chi connectivity index (χ3v) is 5.82. The van der Waals surface area contributed by atoms with Crippen molar-refractivity contribution in [2.24, 2.45) is 0 Å². The van der Waals surface area contributed by atoms with E-state index in [4.69, 9.17) is 16.3 Å². The second kappa shape index (κ2) is 9.42. The minimum Gasteiger partial charge on any atom is -0.497 e. The summed E-state index contributed by atoms with van der Waals surface area (Å²) in [5.74, 6) is -0.260. The van der Waals surface area contributed by atoms with Crippen molar-refractivity contribution >= 4 is 45.9 Å². The van der Waals surface area contributed by atoms with Gasteiger partial charge in [-0.3, -0.25) is 14.2 Å². The molecule has 0 aliphatic heterocycles. The van der Waals surface area contributed by atoms with Crippen LogP contribution in [0.15, 0.2) is 76.7 Å². The Kier molecular flexibility index (Phi) is 6.43. The molecular formula is C23H17ClFN3O3S. The number of fused-ring (bicyclic) bond motifs is 1. The maximum absolute atomic E-state index is 13.7. The van der Waals surface area contributed by atoms with E-state index in [-0.39, 0.29) is 27.4 Å². The first kappa shape index (κ1) is 21.9. The van der Waals surface area contributed by atoms with Crippen LogP contribution in [0.3, 0.4) is 0 Å². The topological polar surface area (TPSA) is 73.2 Å².